The van der Waals surface area contributed by atoms with Gasteiger partial charge in [-0.3, -0.25) is 0 Å². The van der Waals surface area contributed by atoms with E-state index in [-0.39, 0.29) is 0 Å². The summed E-state index contributed by atoms with van der Waals surface area (Å²) in [6.07, 6.45) is 4.23. The van der Waals surface area contributed by atoms with Gasteiger partial charge in [0.05, 0.1) is 0 Å². The molecule has 2 rings (SSSR count). The molecule has 0 unspecified atom stereocenters. The number of H-pyrrole nitrogens is 1. The Hall–Kier alpha value is -1.77. The molecule has 3 nitrogen and oxygen atoms in total. The van der Waals surface area contributed by atoms with Gasteiger partial charge in [-0.15, -0.1) is 0 Å². The fourth-order valence-electron chi connectivity index (χ4n) is 1.25. The van der Waals surface area contributed by atoms with Crippen molar-refractivity contribution < 1.29 is 5.11 Å². The molecule has 0 aliphatic heterocycles. The van der Waals surface area contributed by atoms with Gasteiger partial charge in [-0.25, -0.2) is 4.98 Å². The highest BCUT2D eigenvalue weighted by Crippen LogP contribution is 2.12. The number of aromatic amines is 1. The first-order valence-electron chi connectivity index (χ1n) is 4.11. The summed E-state index contributed by atoms with van der Waals surface area (Å²) in [6, 6.07) is 7.18. The van der Waals surface area contributed by atoms with Crippen LogP contribution in [0.1, 0.15) is 11.4 Å². The van der Waals surface area contributed by atoms with Crippen molar-refractivity contribution in [3.63, 3.8) is 0 Å². The van der Waals surface area contributed by atoms with Gasteiger partial charge in [0.1, 0.15) is 11.6 Å². The Balaban J connectivity index is 2.19. The van der Waals surface area contributed by atoms with Gasteiger partial charge in [-0.2, -0.15) is 0 Å². The number of hydrogen-bond donors (Lipinski definition) is 2. The Morgan fingerprint density at radius 3 is 3.00 bits per heavy atom. The topological polar surface area (TPSA) is 48.9 Å². The molecule has 0 atom stereocenters. The smallest absolute Gasteiger partial charge is 0.115 e. The quantitative estimate of drug-likeness (QED) is 0.728. The van der Waals surface area contributed by atoms with Crippen molar-refractivity contribution in [2.24, 2.45) is 0 Å². The predicted octanol–water partition coefficient (Wildman–Crippen LogP) is 1.71. The maximum atomic E-state index is 9.21. The Bertz CT molecular complexity index is 382. The highest BCUT2D eigenvalue weighted by molar-refractivity contribution is 5.28. The number of hydrogen-bond acceptors (Lipinski definition) is 2. The summed E-state index contributed by atoms with van der Waals surface area (Å²) in [5.41, 5.74) is 1.05. The molecule has 0 radical (unpaired) electrons. The number of aromatic hydroxyl groups is 1. The Morgan fingerprint density at radius 1 is 1.38 bits per heavy atom. The third kappa shape index (κ3) is 1.87. The summed E-state index contributed by atoms with van der Waals surface area (Å²) < 4.78 is 0. The average Bonchev–Trinajstić information content (AvgIpc) is 2.57. The molecule has 66 valence electrons. The summed E-state index contributed by atoms with van der Waals surface area (Å²) in [5.74, 6) is 1.20. The van der Waals surface area contributed by atoms with Gasteiger partial charge < -0.3 is 10.1 Å². The van der Waals surface area contributed by atoms with Crippen molar-refractivity contribution in [1.29, 1.82) is 0 Å². The fraction of sp³-hybridized carbons (Fsp3) is 0.100. The van der Waals surface area contributed by atoms with Gasteiger partial charge in [0, 0.05) is 18.8 Å². The van der Waals surface area contributed by atoms with E-state index in [1.165, 1.54) is 0 Å². The molecule has 0 saturated carbocycles. The van der Waals surface area contributed by atoms with Crippen molar-refractivity contribution >= 4 is 0 Å². The lowest BCUT2D eigenvalue weighted by Gasteiger charge is -1.98. The lowest BCUT2D eigenvalue weighted by atomic mass is 10.1. The van der Waals surface area contributed by atoms with Crippen LogP contribution >= 0.6 is 0 Å². The minimum atomic E-state index is 0.295. The molecule has 0 aliphatic carbocycles. The highest BCUT2D eigenvalue weighted by Gasteiger charge is 1.98. The first-order valence-corrected chi connectivity index (χ1v) is 4.11. The van der Waals surface area contributed by atoms with E-state index in [1.54, 1.807) is 24.5 Å². The number of aromatic nitrogens is 2. The number of nitrogens with one attached hydrogen (secondary N) is 1. The van der Waals surface area contributed by atoms with E-state index in [2.05, 4.69) is 9.97 Å². The van der Waals surface area contributed by atoms with E-state index in [9.17, 15) is 5.11 Å². The van der Waals surface area contributed by atoms with Crippen LogP contribution in [0.2, 0.25) is 0 Å². The zero-order valence-electron chi connectivity index (χ0n) is 7.07. The third-order valence-corrected chi connectivity index (χ3v) is 1.84. The second-order valence-corrected chi connectivity index (χ2v) is 2.88. The van der Waals surface area contributed by atoms with Gasteiger partial charge in [0.2, 0.25) is 0 Å². The molecular formula is C10H10N2O. The minimum absolute atomic E-state index is 0.295. The van der Waals surface area contributed by atoms with Gasteiger partial charge in [-0.05, 0) is 17.7 Å². The van der Waals surface area contributed by atoms with Crippen LogP contribution in [0.4, 0.5) is 0 Å². The van der Waals surface area contributed by atoms with E-state index in [1.807, 2.05) is 12.1 Å². The maximum Gasteiger partial charge on any atom is 0.115 e. The SMILES string of the molecule is Oc1cccc(Cc2ncc[nH]2)c1. The molecule has 2 N–H and O–H groups in total. The van der Waals surface area contributed by atoms with E-state index in [0.717, 1.165) is 17.8 Å². The summed E-state index contributed by atoms with van der Waals surface area (Å²) in [4.78, 5) is 7.12. The monoisotopic (exact) mass is 174 g/mol. The molecule has 0 spiro atoms. The van der Waals surface area contributed by atoms with Crippen LogP contribution in [-0.4, -0.2) is 15.1 Å². The molecular weight excluding hydrogens is 164 g/mol. The number of nitrogens with zero attached hydrogens (tertiary/aromatic N) is 1. The number of benzene rings is 1. The van der Waals surface area contributed by atoms with E-state index >= 15 is 0 Å². The first kappa shape index (κ1) is 7.86. The Morgan fingerprint density at radius 2 is 2.31 bits per heavy atom. The highest BCUT2D eigenvalue weighted by atomic mass is 16.3. The molecule has 1 aromatic heterocycles. The van der Waals surface area contributed by atoms with Crippen molar-refractivity contribution in [2.75, 3.05) is 0 Å². The molecule has 0 saturated heterocycles. The standard InChI is InChI=1S/C10H10N2O/c13-9-3-1-2-8(6-9)7-10-11-4-5-12-10/h1-6,13H,7H2,(H,11,12). The Kier molecular flexibility index (Phi) is 2.00. The van der Waals surface area contributed by atoms with Gasteiger partial charge in [-0.1, -0.05) is 12.1 Å². The molecule has 3 heteroatoms. The summed E-state index contributed by atoms with van der Waals surface area (Å²) >= 11 is 0. The second-order valence-electron chi connectivity index (χ2n) is 2.88. The van der Waals surface area contributed by atoms with Crippen LogP contribution in [0, 0.1) is 0 Å². The van der Waals surface area contributed by atoms with Crippen LogP contribution in [-0.2, 0) is 6.42 Å². The summed E-state index contributed by atoms with van der Waals surface area (Å²) in [7, 11) is 0. The lowest BCUT2D eigenvalue weighted by Crippen LogP contribution is -1.89. The normalized spacial score (nSPS) is 10.2. The molecule has 0 bridgehead atoms. The number of rotatable bonds is 2. The molecule has 1 aromatic carbocycles. The summed E-state index contributed by atoms with van der Waals surface area (Å²) in [6.45, 7) is 0. The Labute approximate surface area is 76.1 Å². The van der Waals surface area contributed by atoms with Crippen LogP contribution in [0.5, 0.6) is 5.75 Å². The molecule has 0 fully saturated rings. The molecule has 2 aromatic rings. The van der Waals surface area contributed by atoms with Crippen molar-refractivity contribution in [1.82, 2.24) is 9.97 Å². The third-order valence-electron chi connectivity index (χ3n) is 1.84. The van der Waals surface area contributed by atoms with Crippen LogP contribution in [0.25, 0.3) is 0 Å². The van der Waals surface area contributed by atoms with Crippen molar-refractivity contribution in [2.45, 2.75) is 6.42 Å². The summed E-state index contributed by atoms with van der Waals surface area (Å²) in [5, 5.41) is 9.21. The lowest BCUT2D eigenvalue weighted by molar-refractivity contribution is 0.474. The van der Waals surface area contributed by atoms with Gasteiger partial charge in [0.15, 0.2) is 0 Å². The van der Waals surface area contributed by atoms with Crippen LogP contribution in [0.3, 0.4) is 0 Å². The number of phenols is 1. The zero-order chi connectivity index (χ0) is 9.10. The largest absolute Gasteiger partial charge is 0.508 e. The molecule has 0 amide bonds. The fourth-order valence-corrected chi connectivity index (χ4v) is 1.25. The van der Waals surface area contributed by atoms with Crippen LogP contribution < -0.4 is 0 Å². The zero-order valence-corrected chi connectivity index (χ0v) is 7.07. The maximum absolute atomic E-state index is 9.21. The van der Waals surface area contributed by atoms with E-state index in [0.29, 0.717) is 5.75 Å². The van der Waals surface area contributed by atoms with Gasteiger partial charge in [0.25, 0.3) is 0 Å². The minimum Gasteiger partial charge on any atom is -0.508 e. The average molecular weight is 174 g/mol. The molecule has 1 heterocycles. The van der Waals surface area contributed by atoms with E-state index in [4.69, 9.17) is 0 Å². The van der Waals surface area contributed by atoms with Gasteiger partial charge >= 0.3 is 0 Å². The van der Waals surface area contributed by atoms with Crippen molar-refractivity contribution in [3.05, 3.63) is 48.0 Å². The number of phenolic OH excluding ortho intramolecular Hbond substituents is 1. The van der Waals surface area contributed by atoms with Crippen LogP contribution in [0.15, 0.2) is 36.7 Å². The van der Waals surface area contributed by atoms with Crippen molar-refractivity contribution in [3.8, 4) is 5.75 Å². The van der Waals surface area contributed by atoms with E-state index < -0.39 is 0 Å². The first-order chi connectivity index (χ1) is 6.34. The predicted molar refractivity (Wildman–Crippen MR) is 49.5 cm³/mol. The number of imidazole rings is 1. The molecule has 13 heavy (non-hydrogen) atoms. The second kappa shape index (κ2) is 3.31. The molecule has 0 aliphatic rings.